The van der Waals surface area contributed by atoms with Gasteiger partial charge in [-0.15, -0.1) is 0 Å². The third-order valence-corrected chi connectivity index (χ3v) is 5.62. The third-order valence-electron chi connectivity index (χ3n) is 5.62. The van der Waals surface area contributed by atoms with E-state index in [0.29, 0.717) is 23.8 Å². The second kappa shape index (κ2) is 5.06. The minimum atomic E-state index is 0.129. The quantitative estimate of drug-likeness (QED) is 0.807. The maximum atomic E-state index is 12.7. The van der Waals surface area contributed by atoms with Crippen molar-refractivity contribution in [3.8, 4) is 0 Å². The average Bonchev–Trinajstić information content (AvgIpc) is 2.99. The van der Waals surface area contributed by atoms with E-state index >= 15 is 0 Å². The molecule has 0 radical (unpaired) electrons. The van der Waals surface area contributed by atoms with Gasteiger partial charge in [-0.3, -0.25) is 9.69 Å². The molecule has 4 nitrogen and oxygen atoms in total. The highest BCUT2D eigenvalue weighted by molar-refractivity contribution is 5.80. The van der Waals surface area contributed by atoms with E-state index in [1.807, 2.05) is 0 Å². The summed E-state index contributed by atoms with van der Waals surface area (Å²) >= 11 is 0. The number of rotatable bonds is 2. The van der Waals surface area contributed by atoms with E-state index in [1.54, 1.807) is 0 Å². The number of hydrogen-bond acceptors (Lipinski definition) is 3. The summed E-state index contributed by atoms with van der Waals surface area (Å²) in [4.78, 5) is 17.2. The van der Waals surface area contributed by atoms with Gasteiger partial charge in [0.2, 0.25) is 5.91 Å². The van der Waals surface area contributed by atoms with E-state index in [0.717, 1.165) is 26.2 Å². The second-order valence-corrected chi connectivity index (χ2v) is 6.89. The Kier molecular flexibility index (Phi) is 3.56. The van der Waals surface area contributed by atoms with Crippen molar-refractivity contribution in [2.75, 3.05) is 26.2 Å². The zero-order valence-electron chi connectivity index (χ0n) is 12.2. The average molecular weight is 265 g/mol. The fourth-order valence-corrected chi connectivity index (χ4v) is 4.37. The lowest BCUT2D eigenvalue weighted by Gasteiger charge is -2.39. The highest BCUT2D eigenvalue weighted by Gasteiger charge is 2.50. The van der Waals surface area contributed by atoms with Crippen LogP contribution in [-0.4, -0.2) is 54.0 Å². The molecule has 2 aliphatic carbocycles. The summed E-state index contributed by atoms with van der Waals surface area (Å²) in [6.07, 6.45) is 3.67. The topological polar surface area (TPSA) is 49.6 Å². The van der Waals surface area contributed by atoms with Crippen molar-refractivity contribution in [3.05, 3.63) is 0 Å². The number of nitrogens with two attached hydrogens (primary N) is 1. The van der Waals surface area contributed by atoms with Gasteiger partial charge in [-0.2, -0.15) is 0 Å². The SMILES string of the molecule is CC(C)N1CCN(C(=O)C2C3CCC(C3)C2N)CC1. The van der Waals surface area contributed by atoms with Crippen LogP contribution in [0.5, 0.6) is 0 Å². The van der Waals surface area contributed by atoms with Crippen LogP contribution >= 0.6 is 0 Å². The van der Waals surface area contributed by atoms with Gasteiger partial charge >= 0.3 is 0 Å². The maximum absolute atomic E-state index is 12.7. The van der Waals surface area contributed by atoms with Crippen LogP contribution in [0.1, 0.15) is 33.1 Å². The molecule has 4 atom stereocenters. The number of amides is 1. The van der Waals surface area contributed by atoms with Gasteiger partial charge in [0.1, 0.15) is 0 Å². The number of carbonyl (C=O) groups excluding carboxylic acids is 1. The maximum Gasteiger partial charge on any atom is 0.227 e. The van der Waals surface area contributed by atoms with Gasteiger partial charge in [-0.1, -0.05) is 0 Å². The second-order valence-electron chi connectivity index (χ2n) is 6.89. The fraction of sp³-hybridized carbons (Fsp3) is 0.933. The molecule has 1 amide bonds. The molecule has 4 heteroatoms. The van der Waals surface area contributed by atoms with E-state index in [4.69, 9.17) is 5.73 Å². The lowest BCUT2D eigenvalue weighted by molar-refractivity contribution is -0.139. The number of carbonyl (C=O) groups is 1. The molecule has 2 bridgehead atoms. The first-order valence-corrected chi connectivity index (χ1v) is 7.86. The van der Waals surface area contributed by atoms with Gasteiger partial charge < -0.3 is 10.6 Å². The van der Waals surface area contributed by atoms with Gasteiger partial charge in [-0.25, -0.2) is 0 Å². The molecule has 1 aliphatic heterocycles. The summed E-state index contributed by atoms with van der Waals surface area (Å²) in [5.74, 6) is 1.68. The molecular weight excluding hydrogens is 238 g/mol. The minimum absolute atomic E-state index is 0.129. The Labute approximate surface area is 116 Å². The summed E-state index contributed by atoms with van der Waals surface area (Å²) in [5, 5.41) is 0. The third kappa shape index (κ3) is 2.29. The molecule has 3 rings (SSSR count). The smallest absolute Gasteiger partial charge is 0.227 e. The summed E-state index contributed by atoms with van der Waals surface area (Å²) in [5.41, 5.74) is 6.29. The molecule has 3 fully saturated rings. The molecule has 1 saturated heterocycles. The first kappa shape index (κ1) is 13.4. The molecule has 108 valence electrons. The summed E-state index contributed by atoms with van der Waals surface area (Å²) in [6, 6.07) is 0.719. The highest BCUT2D eigenvalue weighted by Crippen LogP contribution is 2.48. The standard InChI is InChI=1S/C15H27N3O/c1-10(2)17-5-7-18(8-6-17)15(19)13-11-3-4-12(9-11)14(13)16/h10-14H,3-9,16H2,1-2H3. The lowest BCUT2D eigenvalue weighted by Crippen LogP contribution is -2.54. The van der Waals surface area contributed by atoms with Crippen LogP contribution < -0.4 is 5.73 Å². The summed E-state index contributed by atoms with van der Waals surface area (Å²) in [6.45, 7) is 8.25. The van der Waals surface area contributed by atoms with Crippen LogP contribution in [0.2, 0.25) is 0 Å². The number of fused-ring (bicyclic) bond motifs is 2. The molecule has 0 spiro atoms. The van der Waals surface area contributed by atoms with Gasteiger partial charge in [0, 0.05) is 38.3 Å². The van der Waals surface area contributed by atoms with Crippen LogP contribution in [-0.2, 0) is 4.79 Å². The Morgan fingerprint density at radius 3 is 2.26 bits per heavy atom. The normalized spacial score (nSPS) is 39.3. The van der Waals surface area contributed by atoms with E-state index in [-0.39, 0.29) is 12.0 Å². The van der Waals surface area contributed by atoms with E-state index in [1.165, 1.54) is 19.3 Å². The Hall–Kier alpha value is -0.610. The van der Waals surface area contributed by atoms with E-state index < -0.39 is 0 Å². The number of hydrogen-bond donors (Lipinski definition) is 1. The minimum Gasteiger partial charge on any atom is -0.340 e. The molecule has 0 aromatic heterocycles. The first-order chi connectivity index (χ1) is 9.08. The highest BCUT2D eigenvalue weighted by atomic mass is 16.2. The van der Waals surface area contributed by atoms with Gasteiger partial charge in [0.25, 0.3) is 0 Å². The number of nitrogens with zero attached hydrogens (tertiary/aromatic N) is 2. The Bertz CT molecular complexity index is 347. The van der Waals surface area contributed by atoms with E-state index in [2.05, 4.69) is 23.6 Å². The zero-order valence-corrected chi connectivity index (χ0v) is 12.2. The van der Waals surface area contributed by atoms with Crippen LogP contribution in [0.4, 0.5) is 0 Å². The van der Waals surface area contributed by atoms with Crippen molar-refractivity contribution in [1.82, 2.24) is 9.80 Å². The Balaban J connectivity index is 1.60. The monoisotopic (exact) mass is 265 g/mol. The van der Waals surface area contributed by atoms with E-state index in [9.17, 15) is 4.79 Å². The zero-order chi connectivity index (χ0) is 13.6. The lowest BCUT2D eigenvalue weighted by atomic mass is 9.84. The molecule has 3 aliphatic rings. The van der Waals surface area contributed by atoms with Crippen LogP contribution in [0.3, 0.4) is 0 Å². The van der Waals surface area contributed by atoms with Crippen LogP contribution in [0, 0.1) is 17.8 Å². The molecule has 2 N–H and O–H groups in total. The first-order valence-electron chi connectivity index (χ1n) is 7.86. The van der Waals surface area contributed by atoms with Crippen molar-refractivity contribution in [1.29, 1.82) is 0 Å². The summed E-state index contributed by atoms with van der Waals surface area (Å²) < 4.78 is 0. The molecule has 19 heavy (non-hydrogen) atoms. The van der Waals surface area contributed by atoms with Crippen molar-refractivity contribution in [2.24, 2.45) is 23.5 Å². The summed E-state index contributed by atoms with van der Waals surface area (Å²) in [7, 11) is 0. The van der Waals surface area contributed by atoms with Crippen molar-refractivity contribution in [3.63, 3.8) is 0 Å². The van der Waals surface area contributed by atoms with Gasteiger partial charge in [0.05, 0.1) is 5.92 Å². The molecular formula is C15H27N3O. The fourth-order valence-electron chi connectivity index (χ4n) is 4.37. The van der Waals surface area contributed by atoms with Gasteiger partial charge in [-0.05, 0) is 44.9 Å². The molecule has 0 aromatic carbocycles. The van der Waals surface area contributed by atoms with Gasteiger partial charge in [0.15, 0.2) is 0 Å². The Morgan fingerprint density at radius 2 is 1.74 bits per heavy atom. The van der Waals surface area contributed by atoms with Crippen molar-refractivity contribution in [2.45, 2.75) is 45.2 Å². The predicted molar refractivity (Wildman–Crippen MR) is 75.6 cm³/mol. The molecule has 2 saturated carbocycles. The largest absolute Gasteiger partial charge is 0.340 e. The molecule has 4 unspecified atom stereocenters. The Morgan fingerprint density at radius 1 is 1.11 bits per heavy atom. The number of piperazine rings is 1. The van der Waals surface area contributed by atoms with Crippen LogP contribution in [0.25, 0.3) is 0 Å². The van der Waals surface area contributed by atoms with Crippen molar-refractivity contribution >= 4 is 5.91 Å². The molecule has 0 aromatic rings. The van der Waals surface area contributed by atoms with Crippen molar-refractivity contribution < 1.29 is 4.79 Å². The van der Waals surface area contributed by atoms with Crippen LogP contribution in [0.15, 0.2) is 0 Å². The predicted octanol–water partition coefficient (Wildman–Crippen LogP) is 0.912. The molecule has 1 heterocycles.